The highest BCUT2D eigenvalue weighted by atomic mass is 28.4. The molecule has 0 spiro atoms. The second kappa shape index (κ2) is 9.20. The topological polar surface area (TPSA) is 35.5 Å². The molecule has 0 fully saturated rings. The molecule has 0 aromatic rings. The summed E-state index contributed by atoms with van der Waals surface area (Å²) in [6.07, 6.45) is 0.583. The molecule has 4 heteroatoms. The Hall–Kier alpha value is -0.793. The van der Waals surface area contributed by atoms with Crippen LogP contribution in [-0.2, 0) is 14.0 Å². The summed E-state index contributed by atoms with van der Waals surface area (Å²) in [6, 6.07) is 0. The van der Waals surface area contributed by atoms with E-state index in [9.17, 15) is 4.79 Å². The summed E-state index contributed by atoms with van der Waals surface area (Å²) >= 11 is 0. The van der Waals surface area contributed by atoms with Crippen molar-refractivity contribution in [1.29, 1.82) is 0 Å². The summed E-state index contributed by atoms with van der Waals surface area (Å²) in [5, 5.41) is 0. The fourth-order valence-electron chi connectivity index (χ4n) is 3.08. The normalized spacial score (nSPS) is 11.7. The SMILES string of the molecule is CCOC(=O)C#CCCO[Si](C(C)C)(C(C)C)C(C)C. The highest BCUT2D eigenvalue weighted by Crippen LogP contribution is 2.42. The zero-order valence-corrected chi connectivity index (χ0v) is 15.1. The van der Waals surface area contributed by atoms with Gasteiger partial charge in [-0.3, -0.25) is 0 Å². The van der Waals surface area contributed by atoms with E-state index in [-0.39, 0.29) is 0 Å². The van der Waals surface area contributed by atoms with Gasteiger partial charge in [0.25, 0.3) is 0 Å². The van der Waals surface area contributed by atoms with Gasteiger partial charge in [-0.1, -0.05) is 47.5 Å². The quantitative estimate of drug-likeness (QED) is 0.233. The largest absolute Gasteiger partial charge is 0.456 e. The maximum absolute atomic E-state index is 11.1. The van der Waals surface area contributed by atoms with Gasteiger partial charge in [-0.2, -0.15) is 0 Å². The number of carbonyl (C=O) groups excluding carboxylic acids is 1. The Kier molecular flexibility index (Phi) is 8.83. The molecule has 0 N–H and O–H groups in total. The van der Waals surface area contributed by atoms with Crippen LogP contribution in [0, 0.1) is 11.8 Å². The van der Waals surface area contributed by atoms with Crippen molar-refractivity contribution in [2.45, 2.75) is 71.5 Å². The van der Waals surface area contributed by atoms with Crippen molar-refractivity contribution in [2.75, 3.05) is 13.2 Å². The molecule has 0 aromatic carbocycles. The maximum Gasteiger partial charge on any atom is 0.384 e. The predicted octanol–water partition coefficient (Wildman–Crippen LogP) is 4.14. The van der Waals surface area contributed by atoms with Crippen LogP contribution in [0.25, 0.3) is 0 Å². The molecule has 0 aromatic heterocycles. The van der Waals surface area contributed by atoms with Gasteiger partial charge in [0.1, 0.15) is 0 Å². The van der Waals surface area contributed by atoms with Crippen molar-refractivity contribution >= 4 is 14.3 Å². The van der Waals surface area contributed by atoms with Crippen LogP contribution in [0.15, 0.2) is 0 Å². The van der Waals surface area contributed by atoms with Crippen LogP contribution in [0.3, 0.4) is 0 Å². The first-order chi connectivity index (χ1) is 9.28. The number of esters is 1. The number of rotatable bonds is 7. The lowest BCUT2D eigenvalue weighted by molar-refractivity contribution is -0.136. The van der Waals surface area contributed by atoms with Crippen LogP contribution in [0.5, 0.6) is 0 Å². The molecule has 0 saturated heterocycles. The average molecular weight is 298 g/mol. The monoisotopic (exact) mass is 298 g/mol. The van der Waals surface area contributed by atoms with E-state index in [0.29, 0.717) is 36.3 Å². The van der Waals surface area contributed by atoms with Gasteiger partial charge >= 0.3 is 5.97 Å². The first-order valence-electron chi connectivity index (χ1n) is 7.58. The van der Waals surface area contributed by atoms with E-state index in [2.05, 4.69) is 53.4 Å². The Bertz CT molecular complexity index is 329. The van der Waals surface area contributed by atoms with Crippen molar-refractivity contribution in [3.05, 3.63) is 0 Å². The van der Waals surface area contributed by atoms with Gasteiger partial charge in [0.15, 0.2) is 8.32 Å². The molecule has 0 aliphatic rings. The lowest BCUT2D eigenvalue weighted by atomic mass is 10.4. The van der Waals surface area contributed by atoms with E-state index in [4.69, 9.17) is 9.16 Å². The van der Waals surface area contributed by atoms with Crippen LogP contribution < -0.4 is 0 Å². The Balaban J connectivity index is 4.54. The lowest BCUT2D eigenvalue weighted by Crippen LogP contribution is -2.47. The third kappa shape index (κ3) is 5.30. The number of ether oxygens (including phenoxy) is 1. The van der Waals surface area contributed by atoms with E-state index in [0.717, 1.165) is 0 Å². The minimum atomic E-state index is -1.80. The van der Waals surface area contributed by atoms with E-state index in [1.54, 1.807) is 6.92 Å². The number of hydrogen-bond donors (Lipinski definition) is 0. The molecule has 0 unspecified atom stereocenters. The first-order valence-corrected chi connectivity index (χ1v) is 9.72. The van der Waals surface area contributed by atoms with Crippen LogP contribution in [0.2, 0.25) is 16.6 Å². The molecule has 0 rings (SSSR count). The molecule has 0 saturated carbocycles. The van der Waals surface area contributed by atoms with Crippen LogP contribution in [0.4, 0.5) is 0 Å². The van der Waals surface area contributed by atoms with E-state index >= 15 is 0 Å². The minimum Gasteiger partial charge on any atom is -0.456 e. The van der Waals surface area contributed by atoms with Crippen molar-refractivity contribution in [3.8, 4) is 11.8 Å². The Morgan fingerprint density at radius 1 is 1.05 bits per heavy atom. The van der Waals surface area contributed by atoms with Crippen LogP contribution in [-0.4, -0.2) is 27.5 Å². The zero-order chi connectivity index (χ0) is 15.8. The van der Waals surface area contributed by atoms with Crippen molar-refractivity contribution < 1.29 is 14.0 Å². The molecule has 0 amide bonds. The summed E-state index contributed by atoms with van der Waals surface area (Å²) in [7, 11) is -1.80. The second-order valence-electron chi connectivity index (χ2n) is 5.94. The third-order valence-corrected chi connectivity index (χ3v) is 9.87. The van der Waals surface area contributed by atoms with Crippen LogP contribution >= 0.6 is 0 Å². The van der Waals surface area contributed by atoms with Gasteiger partial charge in [0.2, 0.25) is 0 Å². The van der Waals surface area contributed by atoms with Gasteiger partial charge in [-0.05, 0) is 23.5 Å². The molecule has 20 heavy (non-hydrogen) atoms. The molecule has 0 aliphatic heterocycles. The first kappa shape index (κ1) is 19.2. The summed E-state index contributed by atoms with van der Waals surface area (Å²) in [5.74, 6) is 4.86. The molecule has 0 bridgehead atoms. The molecule has 0 heterocycles. The van der Waals surface area contributed by atoms with Crippen molar-refractivity contribution in [1.82, 2.24) is 0 Å². The van der Waals surface area contributed by atoms with E-state index in [1.165, 1.54) is 0 Å². The van der Waals surface area contributed by atoms with Crippen LogP contribution in [0.1, 0.15) is 54.9 Å². The Morgan fingerprint density at radius 3 is 1.95 bits per heavy atom. The van der Waals surface area contributed by atoms with Gasteiger partial charge in [0, 0.05) is 18.9 Å². The van der Waals surface area contributed by atoms with Crippen molar-refractivity contribution in [3.63, 3.8) is 0 Å². The third-order valence-electron chi connectivity index (χ3n) is 3.75. The average Bonchev–Trinajstić information content (AvgIpc) is 2.32. The molecule has 0 aliphatic carbocycles. The smallest absolute Gasteiger partial charge is 0.384 e. The zero-order valence-electron chi connectivity index (χ0n) is 14.1. The molecule has 3 nitrogen and oxygen atoms in total. The van der Waals surface area contributed by atoms with E-state index in [1.807, 2.05) is 0 Å². The van der Waals surface area contributed by atoms with Gasteiger partial charge in [0.05, 0.1) is 6.61 Å². The molecule has 0 radical (unpaired) electrons. The lowest BCUT2D eigenvalue weighted by Gasteiger charge is -2.42. The molecule has 0 atom stereocenters. The molecular formula is C16H30O3Si. The molecule has 116 valence electrons. The summed E-state index contributed by atoms with van der Waals surface area (Å²) < 4.78 is 11.1. The second-order valence-corrected chi connectivity index (χ2v) is 11.4. The van der Waals surface area contributed by atoms with Gasteiger partial charge < -0.3 is 9.16 Å². The highest BCUT2D eigenvalue weighted by molar-refractivity contribution is 6.77. The summed E-state index contributed by atoms with van der Waals surface area (Å²) in [4.78, 5) is 11.1. The summed E-state index contributed by atoms with van der Waals surface area (Å²) in [5.41, 5.74) is 1.71. The Morgan fingerprint density at radius 2 is 1.55 bits per heavy atom. The highest BCUT2D eigenvalue weighted by Gasteiger charge is 2.44. The standard InChI is InChI=1S/C16H30O3Si/c1-8-18-16(17)11-9-10-12-19-20(13(2)3,14(4)5)15(6)7/h13-15H,8,10,12H2,1-7H3. The minimum absolute atomic E-state index is 0.369. The fraction of sp³-hybridized carbons (Fsp3) is 0.812. The summed E-state index contributed by atoms with van der Waals surface area (Å²) in [6.45, 7) is 16.3. The Labute approximate surface area is 125 Å². The fourth-order valence-corrected chi connectivity index (χ4v) is 8.54. The number of hydrogen-bond acceptors (Lipinski definition) is 3. The molecular weight excluding hydrogens is 268 g/mol. The van der Waals surface area contributed by atoms with Gasteiger partial charge in [-0.25, -0.2) is 4.79 Å². The van der Waals surface area contributed by atoms with Crippen molar-refractivity contribution in [2.24, 2.45) is 0 Å². The number of carbonyl (C=O) groups is 1. The van der Waals surface area contributed by atoms with Gasteiger partial charge in [-0.15, -0.1) is 0 Å². The maximum atomic E-state index is 11.1. The van der Waals surface area contributed by atoms with E-state index < -0.39 is 14.3 Å². The predicted molar refractivity (Wildman–Crippen MR) is 86.0 cm³/mol.